The highest BCUT2D eigenvalue weighted by Gasteiger charge is 2.37. The Morgan fingerprint density at radius 2 is 1.58 bits per heavy atom. The second-order valence-corrected chi connectivity index (χ2v) is 10.2. The summed E-state index contributed by atoms with van der Waals surface area (Å²) in [7, 11) is 0. The summed E-state index contributed by atoms with van der Waals surface area (Å²) in [6.45, 7) is 16.7. The molecule has 2 fully saturated rings. The van der Waals surface area contributed by atoms with Crippen LogP contribution >= 0.6 is 0 Å². The molecule has 1 heteroatoms. The van der Waals surface area contributed by atoms with Crippen molar-refractivity contribution < 1.29 is 0 Å². The highest BCUT2D eigenvalue weighted by molar-refractivity contribution is 5.85. The number of likely N-dealkylation sites (tertiary alicyclic amines) is 1. The fraction of sp³-hybridized carbons (Fsp3) is 0.600. The number of hydrogen-bond acceptors (Lipinski definition) is 1. The van der Waals surface area contributed by atoms with E-state index < -0.39 is 0 Å². The molecule has 1 aliphatic heterocycles. The zero-order valence-electron chi connectivity index (χ0n) is 20.6. The van der Waals surface area contributed by atoms with Gasteiger partial charge in [0.25, 0.3) is 0 Å². The van der Waals surface area contributed by atoms with Crippen molar-refractivity contribution in [1.29, 1.82) is 0 Å². The van der Waals surface area contributed by atoms with Crippen LogP contribution in [0.3, 0.4) is 0 Å². The maximum absolute atomic E-state index is 3.93. The van der Waals surface area contributed by atoms with Gasteiger partial charge in [-0.2, -0.15) is 0 Å². The standard InChI is InChI=1S/C28H39N.C2H6/c1-4-23-9-10-25-20-26(12-11-24(25)19-23)27(21-29-17-13-22(2)14-18-29)28(3)15-7-5-6-8-16-28;1-2/h4,9-12,19-20,22,27H,1,5-8,13-18,21H2,2-3H3;1-2H3. The van der Waals surface area contributed by atoms with Crippen molar-refractivity contribution in [2.75, 3.05) is 19.6 Å². The molecule has 0 N–H and O–H groups in total. The maximum Gasteiger partial charge on any atom is 0.00555 e. The van der Waals surface area contributed by atoms with Gasteiger partial charge in [-0.15, -0.1) is 0 Å². The van der Waals surface area contributed by atoms with Crippen molar-refractivity contribution in [3.05, 3.63) is 54.1 Å². The fourth-order valence-electron chi connectivity index (χ4n) is 5.74. The predicted octanol–water partition coefficient (Wildman–Crippen LogP) is 8.69. The smallest absolute Gasteiger partial charge is 0.00555 e. The number of piperidine rings is 1. The highest BCUT2D eigenvalue weighted by atomic mass is 15.1. The van der Waals surface area contributed by atoms with Gasteiger partial charge in [0.05, 0.1) is 0 Å². The Hall–Kier alpha value is -1.60. The quantitative estimate of drug-likeness (QED) is 0.438. The number of rotatable bonds is 5. The molecule has 0 amide bonds. The molecule has 2 aromatic carbocycles. The average Bonchev–Trinajstić information content (AvgIpc) is 3.04. The number of hydrogen-bond donors (Lipinski definition) is 0. The van der Waals surface area contributed by atoms with Gasteiger partial charge in [0.1, 0.15) is 0 Å². The molecule has 170 valence electrons. The van der Waals surface area contributed by atoms with Crippen LogP contribution in [0, 0.1) is 11.3 Å². The minimum atomic E-state index is 0.425. The summed E-state index contributed by atoms with van der Waals surface area (Å²) in [5.74, 6) is 1.54. The van der Waals surface area contributed by atoms with Gasteiger partial charge in [0, 0.05) is 12.5 Å². The molecule has 1 unspecified atom stereocenters. The zero-order valence-corrected chi connectivity index (χ0v) is 20.6. The van der Waals surface area contributed by atoms with E-state index in [0.29, 0.717) is 11.3 Å². The molecule has 0 spiro atoms. The van der Waals surface area contributed by atoms with Gasteiger partial charge < -0.3 is 4.90 Å². The topological polar surface area (TPSA) is 3.24 Å². The van der Waals surface area contributed by atoms with Crippen LogP contribution < -0.4 is 0 Å². The van der Waals surface area contributed by atoms with Crippen LogP contribution in [-0.2, 0) is 0 Å². The molecule has 1 aliphatic carbocycles. The number of fused-ring (bicyclic) bond motifs is 1. The third kappa shape index (κ3) is 6.01. The Bertz CT molecular complexity index is 819. The Kier molecular flexibility index (Phi) is 8.78. The molecule has 4 rings (SSSR count). The molecule has 0 radical (unpaired) electrons. The molecule has 1 saturated heterocycles. The third-order valence-corrected chi connectivity index (χ3v) is 7.93. The van der Waals surface area contributed by atoms with Gasteiger partial charge in [-0.25, -0.2) is 0 Å². The van der Waals surface area contributed by atoms with Gasteiger partial charge in [0.2, 0.25) is 0 Å². The lowest BCUT2D eigenvalue weighted by atomic mass is 9.68. The molecule has 0 bridgehead atoms. The number of benzene rings is 2. The largest absolute Gasteiger partial charge is 0.303 e. The summed E-state index contributed by atoms with van der Waals surface area (Å²) < 4.78 is 0. The lowest BCUT2D eigenvalue weighted by Crippen LogP contribution is -2.40. The highest BCUT2D eigenvalue weighted by Crippen LogP contribution is 2.47. The summed E-state index contributed by atoms with van der Waals surface area (Å²) >= 11 is 0. The first-order valence-electron chi connectivity index (χ1n) is 13.0. The van der Waals surface area contributed by atoms with E-state index in [1.54, 1.807) is 5.56 Å². The van der Waals surface area contributed by atoms with Crippen molar-refractivity contribution in [3.8, 4) is 0 Å². The fourth-order valence-corrected chi connectivity index (χ4v) is 5.74. The van der Waals surface area contributed by atoms with Gasteiger partial charge in [-0.1, -0.05) is 96.4 Å². The van der Waals surface area contributed by atoms with E-state index in [2.05, 4.69) is 61.7 Å². The van der Waals surface area contributed by atoms with E-state index in [4.69, 9.17) is 0 Å². The van der Waals surface area contributed by atoms with E-state index in [9.17, 15) is 0 Å². The molecule has 2 aromatic rings. The van der Waals surface area contributed by atoms with Crippen molar-refractivity contribution in [2.45, 2.75) is 85.0 Å². The molecular weight excluding hydrogens is 374 g/mol. The van der Waals surface area contributed by atoms with Crippen LogP contribution in [0.2, 0.25) is 0 Å². The Balaban J connectivity index is 0.00000132. The Labute approximate surface area is 191 Å². The first-order chi connectivity index (χ1) is 15.1. The van der Waals surface area contributed by atoms with Crippen LogP contribution in [0.15, 0.2) is 43.0 Å². The Morgan fingerprint density at radius 1 is 0.968 bits per heavy atom. The SMILES string of the molecule is C=Cc1ccc2cc(C(CN3CCC(C)CC3)C3(C)CCCCCC3)ccc2c1.CC. The molecular formula is C30H45N. The summed E-state index contributed by atoms with van der Waals surface area (Å²) in [5, 5.41) is 2.71. The van der Waals surface area contributed by atoms with Crippen molar-refractivity contribution in [2.24, 2.45) is 11.3 Å². The molecule has 2 aliphatic rings. The van der Waals surface area contributed by atoms with Gasteiger partial charge >= 0.3 is 0 Å². The van der Waals surface area contributed by atoms with Crippen LogP contribution in [0.1, 0.15) is 96.1 Å². The van der Waals surface area contributed by atoms with Crippen LogP contribution in [0.25, 0.3) is 16.8 Å². The van der Waals surface area contributed by atoms with E-state index in [0.717, 1.165) is 5.92 Å². The average molecular weight is 420 g/mol. The second-order valence-electron chi connectivity index (χ2n) is 10.2. The minimum Gasteiger partial charge on any atom is -0.303 e. The van der Waals surface area contributed by atoms with E-state index >= 15 is 0 Å². The molecule has 31 heavy (non-hydrogen) atoms. The molecule has 1 saturated carbocycles. The monoisotopic (exact) mass is 419 g/mol. The normalized spacial score (nSPS) is 21.0. The second kappa shape index (κ2) is 11.3. The first kappa shape index (κ1) is 24.1. The summed E-state index contributed by atoms with van der Waals surface area (Å²) in [4.78, 5) is 2.77. The van der Waals surface area contributed by atoms with Crippen molar-refractivity contribution in [3.63, 3.8) is 0 Å². The van der Waals surface area contributed by atoms with Crippen LogP contribution in [-0.4, -0.2) is 24.5 Å². The van der Waals surface area contributed by atoms with Crippen LogP contribution in [0.4, 0.5) is 0 Å². The minimum absolute atomic E-state index is 0.425. The molecule has 0 aromatic heterocycles. The van der Waals surface area contributed by atoms with Gasteiger partial charge in [-0.3, -0.25) is 0 Å². The lowest BCUT2D eigenvalue weighted by molar-refractivity contribution is 0.125. The van der Waals surface area contributed by atoms with Gasteiger partial charge in [-0.05, 0) is 78.1 Å². The van der Waals surface area contributed by atoms with Gasteiger partial charge in [0.15, 0.2) is 0 Å². The van der Waals surface area contributed by atoms with Crippen LogP contribution in [0.5, 0.6) is 0 Å². The van der Waals surface area contributed by atoms with Crippen molar-refractivity contribution in [1.82, 2.24) is 4.90 Å². The summed E-state index contributed by atoms with van der Waals surface area (Å²) in [6, 6.07) is 14.0. The van der Waals surface area contributed by atoms with E-state index in [1.165, 1.54) is 87.3 Å². The lowest BCUT2D eigenvalue weighted by Gasteiger charge is -2.42. The summed E-state index contributed by atoms with van der Waals surface area (Å²) in [5.41, 5.74) is 3.20. The Morgan fingerprint density at radius 3 is 2.23 bits per heavy atom. The molecule has 1 atom stereocenters. The van der Waals surface area contributed by atoms with E-state index in [-0.39, 0.29) is 0 Å². The van der Waals surface area contributed by atoms with E-state index in [1.807, 2.05) is 19.9 Å². The van der Waals surface area contributed by atoms with Crippen molar-refractivity contribution >= 4 is 16.8 Å². The first-order valence-corrected chi connectivity index (χ1v) is 13.0. The summed E-state index contributed by atoms with van der Waals surface area (Å²) in [6.07, 6.45) is 13.1. The third-order valence-electron chi connectivity index (χ3n) is 7.93. The molecule has 1 heterocycles. The maximum atomic E-state index is 3.93. The predicted molar refractivity (Wildman–Crippen MR) is 139 cm³/mol. The molecule has 1 nitrogen and oxygen atoms in total. The number of nitrogens with zero attached hydrogens (tertiary/aromatic N) is 1. The zero-order chi connectivity index (χ0) is 22.3.